The van der Waals surface area contributed by atoms with Crippen molar-refractivity contribution in [2.75, 3.05) is 11.9 Å². The summed E-state index contributed by atoms with van der Waals surface area (Å²) >= 11 is 0. The van der Waals surface area contributed by atoms with E-state index in [0.29, 0.717) is 5.69 Å². The predicted octanol–water partition coefficient (Wildman–Crippen LogP) is 3.48. The third-order valence-corrected chi connectivity index (χ3v) is 5.30. The van der Waals surface area contributed by atoms with Gasteiger partial charge in [-0.05, 0) is 57.5 Å². The van der Waals surface area contributed by atoms with Crippen LogP contribution in [-0.2, 0) is 14.8 Å². The van der Waals surface area contributed by atoms with E-state index >= 15 is 0 Å². The number of sulfonamides is 1. The lowest BCUT2D eigenvalue weighted by Gasteiger charge is -2.20. The molecule has 0 aliphatic heterocycles. The van der Waals surface area contributed by atoms with Crippen molar-refractivity contribution in [3.05, 3.63) is 54.1 Å². The highest BCUT2D eigenvalue weighted by Gasteiger charge is 2.22. The summed E-state index contributed by atoms with van der Waals surface area (Å²) in [4.78, 5) is 12.2. The average molecular weight is 391 g/mol. The van der Waals surface area contributed by atoms with E-state index in [0.717, 1.165) is 11.3 Å². The molecule has 0 aliphatic rings. The largest absolute Gasteiger partial charge is 0.493 e. The highest BCUT2D eigenvalue weighted by atomic mass is 32.2. The molecule has 2 rings (SSSR count). The van der Waals surface area contributed by atoms with Gasteiger partial charge in [-0.25, -0.2) is 13.1 Å². The molecule has 0 aliphatic carbocycles. The molecule has 0 fully saturated rings. The first-order valence-corrected chi connectivity index (χ1v) is 10.2. The second-order valence-electron chi connectivity index (χ2n) is 7.30. The summed E-state index contributed by atoms with van der Waals surface area (Å²) in [5, 5.41) is 2.71. The van der Waals surface area contributed by atoms with Crippen LogP contribution in [0.25, 0.3) is 0 Å². The van der Waals surface area contributed by atoms with Gasteiger partial charge in [-0.1, -0.05) is 24.3 Å². The fourth-order valence-corrected chi connectivity index (χ4v) is 3.86. The molecule has 0 saturated heterocycles. The van der Waals surface area contributed by atoms with Crippen LogP contribution in [0.2, 0.25) is 0 Å². The van der Waals surface area contributed by atoms with E-state index in [9.17, 15) is 13.2 Å². The molecular formula is C20H26N2O4S. The fraction of sp³-hybridized carbons (Fsp3) is 0.350. The first kappa shape index (κ1) is 20.9. The van der Waals surface area contributed by atoms with Crippen molar-refractivity contribution < 1.29 is 17.9 Å². The van der Waals surface area contributed by atoms with Crippen molar-refractivity contribution in [2.45, 2.75) is 44.6 Å². The minimum absolute atomic E-state index is 0.103. The second-order valence-corrected chi connectivity index (χ2v) is 8.98. The van der Waals surface area contributed by atoms with E-state index in [-0.39, 0.29) is 23.8 Å². The van der Waals surface area contributed by atoms with Gasteiger partial charge in [0.2, 0.25) is 15.9 Å². The van der Waals surface area contributed by atoms with Crippen LogP contribution in [0.5, 0.6) is 5.75 Å². The third-order valence-electron chi connectivity index (χ3n) is 3.55. The lowest BCUT2D eigenvalue weighted by molar-refractivity contribution is -0.116. The lowest BCUT2D eigenvalue weighted by atomic mass is 10.1. The maximum atomic E-state index is 12.4. The van der Waals surface area contributed by atoms with Gasteiger partial charge in [0.1, 0.15) is 5.75 Å². The van der Waals surface area contributed by atoms with Crippen LogP contribution in [0.15, 0.2) is 53.4 Å². The number of benzene rings is 2. The zero-order valence-corrected chi connectivity index (χ0v) is 16.9. The van der Waals surface area contributed by atoms with Gasteiger partial charge in [-0.15, -0.1) is 0 Å². The topological polar surface area (TPSA) is 84.5 Å². The average Bonchev–Trinajstić information content (AvgIpc) is 2.55. The summed E-state index contributed by atoms with van der Waals surface area (Å²) in [7, 11) is -3.66. The molecular weight excluding hydrogens is 364 g/mol. The van der Waals surface area contributed by atoms with Gasteiger partial charge in [0.05, 0.1) is 17.9 Å². The number of nitrogens with one attached hydrogen (secondary N) is 2. The van der Waals surface area contributed by atoms with Crippen molar-refractivity contribution in [3.63, 3.8) is 0 Å². The van der Waals surface area contributed by atoms with E-state index in [4.69, 9.17) is 4.74 Å². The number of ether oxygens (including phenoxy) is 1. The Kier molecular flexibility index (Phi) is 6.62. The Labute approximate surface area is 161 Å². The molecule has 0 atom stereocenters. The maximum Gasteiger partial charge on any atom is 0.241 e. The van der Waals surface area contributed by atoms with Gasteiger partial charge in [0, 0.05) is 11.2 Å². The summed E-state index contributed by atoms with van der Waals surface area (Å²) < 4.78 is 33.0. The van der Waals surface area contributed by atoms with E-state index < -0.39 is 15.6 Å². The Hall–Kier alpha value is -2.38. The number of hydrogen-bond donors (Lipinski definition) is 2. The van der Waals surface area contributed by atoms with Crippen LogP contribution >= 0.6 is 0 Å². The Morgan fingerprint density at radius 3 is 2.44 bits per heavy atom. The van der Waals surface area contributed by atoms with Gasteiger partial charge in [0.25, 0.3) is 0 Å². The number of carbonyl (C=O) groups is 1. The van der Waals surface area contributed by atoms with Crippen LogP contribution in [0.3, 0.4) is 0 Å². The fourth-order valence-electron chi connectivity index (χ4n) is 2.40. The molecule has 0 unspecified atom stereocenters. The minimum atomic E-state index is -3.66. The number of para-hydroxylation sites is 1. The number of aryl methyl sites for hydroxylation is 1. The molecule has 146 valence electrons. The van der Waals surface area contributed by atoms with Crippen molar-refractivity contribution in [1.29, 1.82) is 0 Å². The standard InChI is InChI=1S/C20H26N2O4S/c1-15-8-5-6-11-18(15)26-13-12-19(23)21-16-9-7-10-17(14-16)27(24,25)22-20(2,3)4/h5-11,14,22H,12-13H2,1-4H3,(H,21,23). The first-order valence-electron chi connectivity index (χ1n) is 8.69. The molecule has 0 aromatic heterocycles. The van der Waals surface area contributed by atoms with Crippen LogP contribution in [0, 0.1) is 6.92 Å². The molecule has 0 spiro atoms. The monoisotopic (exact) mass is 390 g/mol. The SMILES string of the molecule is Cc1ccccc1OCCC(=O)Nc1cccc(S(=O)(=O)NC(C)(C)C)c1. The zero-order valence-electron chi connectivity index (χ0n) is 16.1. The number of carbonyl (C=O) groups excluding carboxylic acids is 1. The van der Waals surface area contributed by atoms with Crippen LogP contribution in [0.4, 0.5) is 5.69 Å². The first-order chi connectivity index (χ1) is 12.6. The van der Waals surface area contributed by atoms with E-state index in [1.807, 2.05) is 31.2 Å². The van der Waals surface area contributed by atoms with Gasteiger partial charge in [-0.3, -0.25) is 4.79 Å². The summed E-state index contributed by atoms with van der Waals surface area (Å²) in [6.07, 6.45) is 0.158. The normalized spacial score (nSPS) is 11.9. The second kappa shape index (κ2) is 8.54. The van der Waals surface area contributed by atoms with E-state index in [1.54, 1.807) is 32.9 Å². The molecule has 2 aromatic carbocycles. The summed E-state index contributed by atoms with van der Waals surface area (Å²) in [6, 6.07) is 13.8. The van der Waals surface area contributed by atoms with Crippen molar-refractivity contribution in [3.8, 4) is 5.75 Å². The van der Waals surface area contributed by atoms with Gasteiger partial charge in [-0.2, -0.15) is 0 Å². The molecule has 0 saturated carbocycles. The summed E-state index contributed by atoms with van der Waals surface area (Å²) in [5.41, 5.74) is 0.834. The number of amides is 1. The zero-order chi connectivity index (χ0) is 20.1. The van der Waals surface area contributed by atoms with Gasteiger partial charge >= 0.3 is 0 Å². The Morgan fingerprint density at radius 1 is 1.07 bits per heavy atom. The van der Waals surface area contributed by atoms with Crippen LogP contribution in [0.1, 0.15) is 32.8 Å². The maximum absolute atomic E-state index is 12.4. The quantitative estimate of drug-likeness (QED) is 0.758. The van der Waals surface area contributed by atoms with Crippen molar-refractivity contribution in [2.24, 2.45) is 0 Å². The molecule has 6 nitrogen and oxygen atoms in total. The van der Waals surface area contributed by atoms with Crippen LogP contribution < -0.4 is 14.8 Å². The molecule has 2 aromatic rings. The van der Waals surface area contributed by atoms with E-state index in [2.05, 4.69) is 10.0 Å². The molecule has 0 radical (unpaired) electrons. The molecule has 0 bridgehead atoms. The van der Waals surface area contributed by atoms with Gasteiger partial charge in [0.15, 0.2) is 0 Å². The molecule has 0 heterocycles. The number of rotatable bonds is 7. The Balaban J connectivity index is 1.95. The number of anilines is 1. The molecule has 1 amide bonds. The highest BCUT2D eigenvalue weighted by Crippen LogP contribution is 2.18. The summed E-state index contributed by atoms with van der Waals surface area (Å²) in [6.45, 7) is 7.48. The predicted molar refractivity (Wildman–Crippen MR) is 106 cm³/mol. The van der Waals surface area contributed by atoms with Crippen molar-refractivity contribution in [1.82, 2.24) is 4.72 Å². The van der Waals surface area contributed by atoms with E-state index in [1.165, 1.54) is 12.1 Å². The Morgan fingerprint density at radius 2 is 1.78 bits per heavy atom. The molecule has 27 heavy (non-hydrogen) atoms. The smallest absolute Gasteiger partial charge is 0.241 e. The highest BCUT2D eigenvalue weighted by molar-refractivity contribution is 7.89. The Bertz CT molecular complexity index is 902. The van der Waals surface area contributed by atoms with Crippen LogP contribution in [-0.4, -0.2) is 26.5 Å². The third kappa shape index (κ3) is 6.69. The minimum Gasteiger partial charge on any atom is -0.493 e. The molecule has 7 heteroatoms. The molecule has 2 N–H and O–H groups in total. The van der Waals surface area contributed by atoms with Crippen molar-refractivity contribution >= 4 is 21.6 Å². The lowest BCUT2D eigenvalue weighted by Crippen LogP contribution is -2.40. The number of hydrogen-bond acceptors (Lipinski definition) is 4. The van der Waals surface area contributed by atoms with Gasteiger partial charge < -0.3 is 10.1 Å². The summed E-state index contributed by atoms with van der Waals surface area (Å²) in [5.74, 6) is 0.494.